The molecule has 0 atom stereocenters. The van der Waals surface area contributed by atoms with E-state index in [1.165, 1.54) is 0 Å². The van der Waals surface area contributed by atoms with Crippen LogP contribution in [-0.2, 0) is 11.5 Å². The summed E-state index contributed by atoms with van der Waals surface area (Å²) in [5.74, 6) is 0.940. The highest BCUT2D eigenvalue weighted by atomic mass is 16.5. The van der Waals surface area contributed by atoms with Crippen molar-refractivity contribution in [2.75, 3.05) is 13.2 Å². The number of ether oxygens (including phenoxy) is 2. The molecule has 0 saturated heterocycles. The topological polar surface area (TPSA) is 23.4 Å². The van der Waals surface area contributed by atoms with Crippen LogP contribution in [0.15, 0.2) is 30.5 Å². The van der Waals surface area contributed by atoms with Crippen LogP contribution in [0.3, 0.4) is 0 Å². The third-order valence-corrected chi connectivity index (χ3v) is 2.51. The second-order valence-electron chi connectivity index (χ2n) is 3.53. The normalized spacial score (nSPS) is 10.9. The average Bonchev–Trinajstić information content (AvgIpc) is 2.71. The van der Waals surface area contributed by atoms with Gasteiger partial charge in [-0.2, -0.15) is 0 Å². The first kappa shape index (κ1) is 11.0. The SMILES string of the molecule is CCOCn1ccc2c(OCC)cccc21. The molecular formula is C13H17NO2. The Morgan fingerprint density at radius 1 is 1.12 bits per heavy atom. The zero-order valence-electron chi connectivity index (χ0n) is 9.77. The molecule has 1 aromatic heterocycles. The lowest BCUT2D eigenvalue weighted by Gasteiger charge is -2.07. The molecule has 0 radical (unpaired) electrons. The summed E-state index contributed by atoms with van der Waals surface area (Å²) < 4.78 is 13.1. The highest BCUT2D eigenvalue weighted by molar-refractivity contribution is 5.86. The molecule has 0 aliphatic heterocycles. The van der Waals surface area contributed by atoms with Crippen LogP contribution in [0, 0.1) is 0 Å². The second-order valence-corrected chi connectivity index (χ2v) is 3.53. The molecule has 16 heavy (non-hydrogen) atoms. The minimum atomic E-state index is 0.593. The molecule has 0 aliphatic rings. The third-order valence-electron chi connectivity index (χ3n) is 2.51. The number of benzene rings is 1. The Morgan fingerprint density at radius 3 is 2.75 bits per heavy atom. The fraction of sp³-hybridized carbons (Fsp3) is 0.385. The Hall–Kier alpha value is -1.48. The van der Waals surface area contributed by atoms with E-state index in [2.05, 4.69) is 16.7 Å². The molecule has 0 N–H and O–H groups in total. The lowest BCUT2D eigenvalue weighted by atomic mass is 10.2. The molecule has 3 heteroatoms. The Balaban J connectivity index is 2.36. The number of rotatable bonds is 5. The molecule has 1 aromatic carbocycles. The zero-order chi connectivity index (χ0) is 11.4. The van der Waals surface area contributed by atoms with Gasteiger partial charge in [-0.1, -0.05) is 6.07 Å². The molecule has 2 aromatic rings. The molecule has 0 unspecified atom stereocenters. The average molecular weight is 219 g/mol. The van der Waals surface area contributed by atoms with Gasteiger partial charge in [-0.3, -0.25) is 0 Å². The zero-order valence-corrected chi connectivity index (χ0v) is 9.77. The number of nitrogens with zero attached hydrogens (tertiary/aromatic N) is 1. The maximum Gasteiger partial charge on any atom is 0.128 e. The monoisotopic (exact) mass is 219 g/mol. The molecule has 0 aliphatic carbocycles. The van der Waals surface area contributed by atoms with Crippen molar-refractivity contribution in [2.45, 2.75) is 20.6 Å². The van der Waals surface area contributed by atoms with Gasteiger partial charge in [-0.05, 0) is 32.0 Å². The smallest absolute Gasteiger partial charge is 0.128 e. The first-order chi connectivity index (χ1) is 7.86. The first-order valence-electron chi connectivity index (χ1n) is 5.65. The summed E-state index contributed by atoms with van der Waals surface area (Å²) >= 11 is 0. The molecule has 0 bridgehead atoms. The van der Waals surface area contributed by atoms with Crippen LogP contribution >= 0.6 is 0 Å². The van der Waals surface area contributed by atoms with E-state index in [1.807, 2.05) is 32.2 Å². The number of hydrogen-bond donors (Lipinski definition) is 0. The second kappa shape index (κ2) is 5.03. The van der Waals surface area contributed by atoms with E-state index in [0.717, 1.165) is 23.3 Å². The quantitative estimate of drug-likeness (QED) is 0.771. The van der Waals surface area contributed by atoms with Crippen molar-refractivity contribution < 1.29 is 9.47 Å². The van der Waals surface area contributed by atoms with Gasteiger partial charge in [0.25, 0.3) is 0 Å². The van der Waals surface area contributed by atoms with E-state index < -0.39 is 0 Å². The number of fused-ring (bicyclic) bond motifs is 1. The van der Waals surface area contributed by atoms with E-state index in [4.69, 9.17) is 9.47 Å². The molecule has 0 saturated carbocycles. The van der Waals surface area contributed by atoms with Crippen molar-refractivity contribution in [1.82, 2.24) is 4.57 Å². The van der Waals surface area contributed by atoms with Crippen molar-refractivity contribution in [3.63, 3.8) is 0 Å². The molecular weight excluding hydrogens is 202 g/mol. The van der Waals surface area contributed by atoms with Crippen LogP contribution < -0.4 is 4.74 Å². The molecule has 2 rings (SSSR count). The van der Waals surface area contributed by atoms with Gasteiger partial charge in [-0.25, -0.2) is 0 Å². The van der Waals surface area contributed by atoms with Crippen molar-refractivity contribution in [3.8, 4) is 5.75 Å². The number of aromatic nitrogens is 1. The summed E-state index contributed by atoms with van der Waals surface area (Å²) in [6, 6.07) is 8.16. The van der Waals surface area contributed by atoms with Crippen molar-refractivity contribution in [2.24, 2.45) is 0 Å². The van der Waals surface area contributed by atoms with E-state index in [0.29, 0.717) is 13.3 Å². The standard InChI is InChI=1S/C13H17NO2/c1-3-15-10-14-9-8-11-12(14)6-5-7-13(11)16-4-2/h5-9H,3-4,10H2,1-2H3. The van der Waals surface area contributed by atoms with Crippen LogP contribution in [0.1, 0.15) is 13.8 Å². The highest BCUT2D eigenvalue weighted by Crippen LogP contribution is 2.26. The van der Waals surface area contributed by atoms with Crippen LogP contribution in [0.5, 0.6) is 5.75 Å². The fourth-order valence-corrected chi connectivity index (χ4v) is 1.78. The summed E-state index contributed by atoms with van der Waals surface area (Å²) in [6.07, 6.45) is 2.03. The molecule has 1 heterocycles. The minimum absolute atomic E-state index is 0.593. The Labute approximate surface area is 95.6 Å². The lowest BCUT2D eigenvalue weighted by molar-refractivity contribution is 0.0909. The van der Waals surface area contributed by atoms with Crippen LogP contribution in [0.4, 0.5) is 0 Å². The summed E-state index contributed by atoms with van der Waals surface area (Å²) in [5.41, 5.74) is 1.15. The van der Waals surface area contributed by atoms with Gasteiger partial charge in [0.2, 0.25) is 0 Å². The van der Waals surface area contributed by atoms with Gasteiger partial charge < -0.3 is 14.0 Å². The van der Waals surface area contributed by atoms with Crippen LogP contribution in [-0.4, -0.2) is 17.8 Å². The van der Waals surface area contributed by atoms with Gasteiger partial charge in [0.1, 0.15) is 12.5 Å². The lowest BCUT2D eigenvalue weighted by Crippen LogP contribution is -2.00. The van der Waals surface area contributed by atoms with Crippen molar-refractivity contribution in [1.29, 1.82) is 0 Å². The Bertz CT molecular complexity index is 462. The molecule has 0 amide bonds. The summed E-state index contributed by atoms with van der Waals surface area (Å²) in [4.78, 5) is 0. The Kier molecular flexibility index (Phi) is 3.47. The Morgan fingerprint density at radius 2 is 2.00 bits per heavy atom. The molecule has 3 nitrogen and oxygen atoms in total. The molecule has 0 spiro atoms. The fourth-order valence-electron chi connectivity index (χ4n) is 1.78. The van der Waals surface area contributed by atoms with Crippen molar-refractivity contribution >= 4 is 10.9 Å². The molecule has 86 valence electrons. The van der Waals surface area contributed by atoms with Gasteiger partial charge >= 0.3 is 0 Å². The molecule has 0 fully saturated rings. The van der Waals surface area contributed by atoms with E-state index in [9.17, 15) is 0 Å². The summed E-state index contributed by atoms with van der Waals surface area (Å²) in [5, 5.41) is 1.14. The minimum Gasteiger partial charge on any atom is -0.493 e. The predicted octanol–water partition coefficient (Wildman–Crippen LogP) is 3.03. The predicted molar refractivity (Wildman–Crippen MR) is 64.7 cm³/mol. The van der Waals surface area contributed by atoms with Gasteiger partial charge in [0.15, 0.2) is 0 Å². The van der Waals surface area contributed by atoms with Crippen LogP contribution in [0.2, 0.25) is 0 Å². The maximum absolute atomic E-state index is 5.58. The third kappa shape index (κ3) is 2.04. The summed E-state index contributed by atoms with van der Waals surface area (Å²) in [7, 11) is 0. The van der Waals surface area contributed by atoms with Gasteiger partial charge in [0.05, 0.1) is 12.1 Å². The maximum atomic E-state index is 5.58. The summed E-state index contributed by atoms with van der Waals surface area (Å²) in [6.45, 7) is 6.00. The van der Waals surface area contributed by atoms with Crippen molar-refractivity contribution in [3.05, 3.63) is 30.5 Å². The largest absolute Gasteiger partial charge is 0.493 e. The first-order valence-corrected chi connectivity index (χ1v) is 5.65. The van der Waals surface area contributed by atoms with Gasteiger partial charge in [0, 0.05) is 18.2 Å². The number of hydrogen-bond acceptors (Lipinski definition) is 2. The van der Waals surface area contributed by atoms with E-state index in [1.54, 1.807) is 0 Å². The van der Waals surface area contributed by atoms with E-state index >= 15 is 0 Å². The van der Waals surface area contributed by atoms with Gasteiger partial charge in [-0.15, -0.1) is 0 Å². The highest BCUT2D eigenvalue weighted by Gasteiger charge is 2.05. The van der Waals surface area contributed by atoms with E-state index in [-0.39, 0.29) is 0 Å². The van der Waals surface area contributed by atoms with Crippen LogP contribution in [0.25, 0.3) is 10.9 Å².